The molecular weight excluding hydrogens is 164 g/mol. The SMILES string of the molecule is CCC(=O)NC1CCC(C#N)CC1. The summed E-state index contributed by atoms with van der Waals surface area (Å²) < 4.78 is 0. The Hall–Kier alpha value is -1.04. The van der Waals surface area contributed by atoms with Gasteiger partial charge < -0.3 is 5.32 Å². The molecule has 0 radical (unpaired) electrons. The van der Waals surface area contributed by atoms with Crippen LogP contribution in [-0.2, 0) is 4.79 Å². The van der Waals surface area contributed by atoms with E-state index < -0.39 is 0 Å². The van der Waals surface area contributed by atoms with Crippen molar-refractivity contribution in [3.8, 4) is 6.07 Å². The molecule has 13 heavy (non-hydrogen) atoms. The van der Waals surface area contributed by atoms with Gasteiger partial charge in [-0.15, -0.1) is 0 Å². The fourth-order valence-electron chi connectivity index (χ4n) is 1.70. The minimum atomic E-state index is 0.125. The van der Waals surface area contributed by atoms with E-state index in [1.165, 1.54) is 0 Å². The van der Waals surface area contributed by atoms with Gasteiger partial charge in [-0.2, -0.15) is 5.26 Å². The van der Waals surface area contributed by atoms with E-state index in [4.69, 9.17) is 5.26 Å². The van der Waals surface area contributed by atoms with Crippen LogP contribution in [0.15, 0.2) is 0 Å². The molecule has 0 unspecified atom stereocenters. The summed E-state index contributed by atoms with van der Waals surface area (Å²) in [6.45, 7) is 1.86. The number of rotatable bonds is 2. The summed E-state index contributed by atoms with van der Waals surface area (Å²) in [5.41, 5.74) is 0. The maximum Gasteiger partial charge on any atom is 0.219 e. The average Bonchev–Trinajstić information content (AvgIpc) is 2.19. The van der Waals surface area contributed by atoms with Crippen LogP contribution in [0.3, 0.4) is 0 Å². The molecule has 0 heterocycles. The Morgan fingerprint density at radius 3 is 2.54 bits per heavy atom. The van der Waals surface area contributed by atoms with E-state index in [9.17, 15) is 4.79 Å². The van der Waals surface area contributed by atoms with Gasteiger partial charge in [-0.3, -0.25) is 4.79 Å². The fraction of sp³-hybridized carbons (Fsp3) is 0.800. The zero-order valence-corrected chi connectivity index (χ0v) is 8.05. The molecule has 1 amide bonds. The molecule has 72 valence electrons. The number of nitrogens with zero attached hydrogens (tertiary/aromatic N) is 1. The van der Waals surface area contributed by atoms with Crippen LogP contribution in [0.25, 0.3) is 0 Å². The molecule has 0 aromatic rings. The van der Waals surface area contributed by atoms with Crippen molar-refractivity contribution in [3.63, 3.8) is 0 Å². The molecule has 0 saturated heterocycles. The summed E-state index contributed by atoms with van der Waals surface area (Å²) in [5, 5.41) is 11.6. The highest BCUT2D eigenvalue weighted by molar-refractivity contribution is 5.75. The van der Waals surface area contributed by atoms with E-state index in [1.54, 1.807) is 0 Å². The number of amides is 1. The van der Waals surface area contributed by atoms with Gasteiger partial charge in [0.2, 0.25) is 5.91 Å². The molecule has 0 bridgehead atoms. The lowest BCUT2D eigenvalue weighted by Crippen LogP contribution is -2.37. The maximum absolute atomic E-state index is 11.1. The summed E-state index contributed by atoms with van der Waals surface area (Å²) in [6.07, 6.45) is 4.35. The van der Waals surface area contributed by atoms with Crippen molar-refractivity contribution in [3.05, 3.63) is 0 Å². The van der Waals surface area contributed by atoms with Gasteiger partial charge in [0.15, 0.2) is 0 Å². The quantitative estimate of drug-likeness (QED) is 0.701. The zero-order chi connectivity index (χ0) is 9.68. The Balaban J connectivity index is 2.26. The Kier molecular flexibility index (Phi) is 3.75. The van der Waals surface area contributed by atoms with E-state index >= 15 is 0 Å². The number of hydrogen-bond acceptors (Lipinski definition) is 2. The van der Waals surface area contributed by atoms with Crippen molar-refractivity contribution in [1.82, 2.24) is 5.32 Å². The van der Waals surface area contributed by atoms with Gasteiger partial charge in [-0.25, -0.2) is 0 Å². The van der Waals surface area contributed by atoms with Crippen molar-refractivity contribution < 1.29 is 4.79 Å². The number of hydrogen-bond donors (Lipinski definition) is 1. The number of carbonyl (C=O) groups is 1. The molecule has 1 saturated carbocycles. The molecule has 1 rings (SSSR count). The van der Waals surface area contributed by atoms with Crippen LogP contribution in [-0.4, -0.2) is 11.9 Å². The van der Waals surface area contributed by atoms with Gasteiger partial charge in [0.1, 0.15) is 0 Å². The predicted octanol–water partition coefficient (Wildman–Crippen LogP) is 1.59. The number of nitriles is 1. The smallest absolute Gasteiger partial charge is 0.219 e. The minimum Gasteiger partial charge on any atom is -0.353 e. The molecule has 1 aliphatic rings. The van der Waals surface area contributed by atoms with Crippen LogP contribution in [0.2, 0.25) is 0 Å². The summed E-state index contributed by atoms with van der Waals surface area (Å²) in [7, 11) is 0. The summed E-state index contributed by atoms with van der Waals surface area (Å²) >= 11 is 0. The van der Waals surface area contributed by atoms with Crippen molar-refractivity contribution in [2.24, 2.45) is 5.92 Å². The lowest BCUT2D eigenvalue weighted by molar-refractivity contribution is -0.121. The van der Waals surface area contributed by atoms with Crippen molar-refractivity contribution in [2.75, 3.05) is 0 Å². The van der Waals surface area contributed by atoms with Crippen LogP contribution in [0.1, 0.15) is 39.0 Å². The Morgan fingerprint density at radius 2 is 2.08 bits per heavy atom. The average molecular weight is 180 g/mol. The molecular formula is C10H16N2O. The lowest BCUT2D eigenvalue weighted by atomic mass is 9.87. The second kappa shape index (κ2) is 4.86. The molecule has 0 atom stereocenters. The highest BCUT2D eigenvalue weighted by atomic mass is 16.1. The standard InChI is InChI=1S/C10H16N2O/c1-2-10(13)12-9-5-3-8(7-11)4-6-9/h8-9H,2-6H2,1H3,(H,12,13). The Labute approximate surface area is 79.1 Å². The first-order chi connectivity index (χ1) is 6.26. The maximum atomic E-state index is 11.1. The number of nitrogens with one attached hydrogen (secondary N) is 1. The molecule has 0 aliphatic heterocycles. The van der Waals surface area contributed by atoms with Gasteiger partial charge in [0, 0.05) is 18.4 Å². The van der Waals surface area contributed by atoms with Gasteiger partial charge in [-0.05, 0) is 25.7 Å². The Bertz CT molecular complexity index is 211. The van der Waals surface area contributed by atoms with E-state index in [-0.39, 0.29) is 11.8 Å². The number of carbonyl (C=O) groups excluding carboxylic acids is 1. The summed E-state index contributed by atoms with van der Waals surface area (Å²) in [5.74, 6) is 0.343. The molecule has 3 heteroatoms. The molecule has 3 nitrogen and oxygen atoms in total. The van der Waals surface area contributed by atoms with Crippen LogP contribution in [0.4, 0.5) is 0 Å². The first kappa shape index (κ1) is 10.0. The normalized spacial score (nSPS) is 27.7. The first-order valence-electron chi connectivity index (χ1n) is 4.95. The third-order valence-electron chi connectivity index (χ3n) is 2.60. The van der Waals surface area contributed by atoms with Crippen LogP contribution < -0.4 is 5.32 Å². The largest absolute Gasteiger partial charge is 0.353 e. The predicted molar refractivity (Wildman–Crippen MR) is 49.8 cm³/mol. The van der Waals surface area contributed by atoms with Gasteiger partial charge in [0.05, 0.1) is 6.07 Å². The Morgan fingerprint density at radius 1 is 1.46 bits per heavy atom. The highest BCUT2D eigenvalue weighted by Gasteiger charge is 2.21. The molecule has 0 aromatic carbocycles. The van der Waals surface area contributed by atoms with E-state index in [2.05, 4.69) is 11.4 Å². The fourth-order valence-corrected chi connectivity index (χ4v) is 1.70. The third kappa shape index (κ3) is 3.06. The highest BCUT2D eigenvalue weighted by Crippen LogP contribution is 2.23. The first-order valence-corrected chi connectivity index (χ1v) is 4.95. The molecule has 0 spiro atoms. The van der Waals surface area contributed by atoms with Gasteiger partial charge in [0.25, 0.3) is 0 Å². The van der Waals surface area contributed by atoms with Crippen molar-refractivity contribution in [2.45, 2.75) is 45.1 Å². The van der Waals surface area contributed by atoms with E-state index in [0.29, 0.717) is 12.5 Å². The second-order valence-corrected chi connectivity index (χ2v) is 3.60. The summed E-state index contributed by atoms with van der Waals surface area (Å²) in [6, 6.07) is 2.60. The van der Waals surface area contributed by atoms with Gasteiger partial charge in [-0.1, -0.05) is 6.92 Å². The monoisotopic (exact) mass is 180 g/mol. The molecule has 1 fully saturated rings. The van der Waals surface area contributed by atoms with E-state index in [0.717, 1.165) is 25.7 Å². The minimum absolute atomic E-state index is 0.125. The van der Waals surface area contributed by atoms with Gasteiger partial charge >= 0.3 is 0 Å². The molecule has 0 aromatic heterocycles. The summed E-state index contributed by atoms with van der Waals surface area (Å²) in [4.78, 5) is 11.1. The van der Waals surface area contributed by atoms with Crippen LogP contribution >= 0.6 is 0 Å². The van der Waals surface area contributed by atoms with Crippen LogP contribution in [0.5, 0.6) is 0 Å². The topological polar surface area (TPSA) is 52.9 Å². The lowest BCUT2D eigenvalue weighted by Gasteiger charge is -2.25. The van der Waals surface area contributed by atoms with E-state index in [1.807, 2.05) is 6.92 Å². The third-order valence-corrected chi connectivity index (χ3v) is 2.60. The zero-order valence-electron chi connectivity index (χ0n) is 8.05. The second-order valence-electron chi connectivity index (χ2n) is 3.60. The van der Waals surface area contributed by atoms with Crippen LogP contribution in [0, 0.1) is 17.2 Å². The molecule has 1 N–H and O–H groups in total. The van der Waals surface area contributed by atoms with Crippen molar-refractivity contribution in [1.29, 1.82) is 5.26 Å². The molecule has 1 aliphatic carbocycles. The van der Waals surface area contributed by atoms with Crippen molar-refractivity contribution >= 4 is 5.91 Å².